The van der Waals surface area contributed by atoms with Crippen molar-refractivity contribution in [2.24, 2.45) is 0 Å². The SMILES string of the molecule is CC(C)(C)N1C[C@H]2OC[C@@H]1C2(F)F. The number of halogens is 2. The second-order valence-corrected chi connectivity index (χ2v) is 4.84. The minimum atomic E-state index is -2.65. The fourth-order valence-electron chi connectivity index (χ4n) is 2.16. The van der Waals surface area contributed by atoms with Gasteiger partial charge in [0.05, 0.1) is 6.61 Å². The molecule has 2 nitrogen and oxygen atoms in total. The van der Waals surface area contributed by atoms with Gasteiger partial charge in [-0.25, -0.2) is 8.78 Å². The van der Waals surface area contributed by atoms with Crippen molar-refractivity contribution in [3.8, 4) is 0 Å². The summed E-state index contributed by atoms with van der Waals surface area (Å²) in [5.41, 5.74) is -0.188. The monoisotopic (exact) mass is 191 g/mol. The summed E-state index contributed by atoms with van der Waals surface area (Å²) in [4.78, 5) is 1.85. The molecule has 0 aromatic rings. The van der Waals surface area contributed by atoms with Gasteiger partial charge in [-0.2, -0.15) is 0 Å². The summed E-state index contributed by atoms with van der Waals surface area (Å²) >= 11 is 0. The van der Waals surface area contributed by atoms with Crippen LogP contribution in [0.3, 0.4) is 0 Å². The number of morpholine rings is 1. The maximum absolute atomic E-state index is 13.4. The van der Waals surface area contributed by atoms with Crippen LogP contribution in [-0.4, -0.2) is 41.7 Å². The quantitative estimate of drug-likeness (QED) is 0.575. The molecule has 0 unspecified atom stereocenters. The summed E-state index contributed by atoms with van der Waals surface area (Å²) in [5.74, 6) is -2.65. The number of hydrogen-bond donors (Lipinski definition) is 0. The minimum Gasteiger partial charge on any atom is -0.369 e. The van der Waals surface area contributed by atoms with Crippen molar-refractivity contribution in [2.75, 3.05) is 13.2 Å². The van der Waals surface area contributed by atoms with E-state index in [9.17, 15) is 8.78 Å². The molecule has 0 amide bonds. The van der Waals surface area contributed by atoms with E-state index in [1.165, 1.54) is 0 Å². The lowest BCUT2D eigenvalue weighted by atomic mass is 10.0. The van der Waals surface area contributed by atoms with Crippen LogP contribution in [0.5, 0.6) is 0 Å². The summed E-state index contributed by atoms with van der Waals surface area (Å²) in [6.07, 6.45) is -0.878. The molecule has 2 aliphatic rings. The van der Waals surface area contributed by atoms with Crippen molar-refractivity contribution < 1.29 is 13.5 Å². The van der Waals surface area contributed by atoms with Crippen LogP contribution in [0.1, 0.15) is 20.8 Å². The first kappa shape index (κ1) is 9.34. The van der Waals surface area contributed by atoms with Crippen LogP contribution < -0.4 is 0 Å². The smallest absolute Gasteiger partial charge is 0.292 e. The highest BCUT2D eigenvalue weighted by Crippen LogP contribution is 2.44. The number of fused-ring (bicyclic) bond motifs is 2. The molecule has 4 heteroatoms. The van der Waals surface area contributed by atoms with Gasteiger partial charge in [0.2, 0.25) is 0 Å². The highest BCUT2D eigenvalue weighted by molar-refractivity contribution is 5.08. The van der Waals surface area contributed by atoms with Gasteiger partial charge in [0.1, 0.15) is 12.1 Å². The van der Waals surface area contributed by atoms with Gasteiger partial charge in [0.15, 0.2) is 0 Å². The Kier molecular flexibility index (Phi) is 1.74. The second kappa shape index (κ2) is 2.42. The number of alkyl halides is 2. The van der Waals surface area contributed by atoms with Gasteiger partial charge in [-0.15, -0.1) is 0 Å². The summed E-state index contributed by atoms with van der Waals surface area (Å²) in [6, 6.07) is -0.711. The maximum atomic E-state index is 13.4. The molecule has 2 heterocycles. The van der Waals surface area contributed by atoms with Gasteiger partial charge in [0, 0.05) is 12.1 Å². The van der Waals surface area contributed by atoms with Gasteiger partial charge in [-0.3, -0.25) is 4.90 Å². The molecule has 2 bridgehead atoms. The van der Waals surface area contributed by atoms with E-state index in [1.54, 1.807) is 0 Å². The van der Waals surface area contributed by atoms with E-state index in [4.69, 9.17) is 4.74 Å². The number of likely N-dealkylation sites (tertiary alicyclic amines) is 1. The van der Waals surface area contributed by atoms with Crippen LogP contribution in [0, 0.1) is 0 Å². The zero-order valence-electron chi connectivity index (χ0n) is 8.18. The van der Waals surface area contributed by atoms with E-state index in [0.717, 1.165) is 0 Å². The summed E-state index contributed by atoms with van der Waals surface area (Å²) in [7, 11) is 0. The molecule has 0 radical (unpaired) electrons. The molecule has 2 rings (SSSR count). The first-order valence-corrected chi connectivity index (χ1v) is 4.59. The molecule has 0 N–H and O–H groups in total. The highest BCUT2D eigenvalue weighted by atomic mass is 19.3. The third-order valence-corrected chi connectivity index (χ3v) is 2.93. The highest BCUT2D eigenvalue weighted by Gasteiger charge is 2.63. The predicted octanol–water partition coefficient (Wildman–Crippen LogP) is 1.50. The average Bonchev–Trinajstić information content (AvgIpc) is 2.39. The van der Waals surface area contributed by atoms with E-state index in [1.807, 2.05) is 25.7 Å². The number of hydrogen-bond acceptors (Lipinski definition) is 2. The molecule has 76 valence electrons. The lowest BCUT2D eigenvalue weighted by Crippen LogP contribution is -2.50. The predicted molar refractivity (Wildman–Crippen MR) is 44.9 cm³/mol. The molecule has 2 saturated heterocycles. The first-order valence-electron chi connectivity index (χ1n) is 4.59. The van der Waals surface area contributed by atoms with E-state index in [0.29, 0.717) is 6.54 Å². The van der Waals surface area contributed by atoms with Gasteiger partial charge in [0.25, 0.3) is 5.92 Å². The van der Waals surface area contributed by atoms with E-state index >= 15 is 0 Å². The van der Waals surface area contributed by atoms with Crippen LogP contribution in [0.2, 0.25) is 0 Å². The zero-order valence-corrected chi connectivity index (χ0v) is 8.18. The van der Waals surface area contributed by atoms with Gasteiger partial charge in [-0.1, -0.05) is 0 Å². The molecule has 2 atom stereocenters. The van der Waals surface area contributed by atoms with Crippen molar-refractivity contribution in [3.05, 3.63) is 0 Å². The standard InChI is InChI=1S/C9H15F2NO/c1-8(2,3)12-4-7-9(10,11)6(12)5-13-7/h6-7H,4-5H2,1-3H3/t6-,7-/m1/s1. The molecule has 0 spiro atoms. The van der Waals surface area contributed by atoms with Crippen LogP contribution in [0.25, 0.3) is 0 Å². The Balaban J connectivity index is 2.23. The molecule has 0 aromatic heterocycles. The maximum Gasteiger partial charge on any atom is 0.292 e. The molecular weight excluding hydrogens is 176 g/mol. The Morgan fingerprint density at radius 3 is 2.23 bits per heavy atom. The molecule has 0 aliphatic carbocycles. The normalized spacial score (nSPS) is 38.5. The van der Waals surface area contributed by atoms with E-state index < -0.39 is 18.1 Å². The Morgan fingerprint density at radius 2 is 2.00 bits per heavy atom. The second-order valence-electron chi connectivity index (χ2n) is 4.84. The Hall–Kier alpha value is -0.220. The third kappa shape index (κ3) is 1.19. The fourth-order valence-corrected chi connectivity index (χ4v) is 2.16. The average molecular weight is 191 g/mol. The lowest BCUT2D eigenvalue weighted by Gasteiger charge is -2.37. The third-order valence-electron chi connectivity index (χ3n) is 2.93. The number of ether oxygens (including phenoxy) is 1. The van der Waals surface area contributed by atoms with Crippen LogP contribution in [0.15, 0.2) is 0 Å². The van der Waals surface area contributed by atoms with E-state index in [2.05, 4.69) is 0 Å². The van der Waals surface area contributed by atoms with Crippen LogP contribution in [0.4, 0.5) is 8.78 Å². The van der Waals surface area contributed by atoms with Crippen LogP contribution in [-0.2, 0) is 4.74 Å². The van der Waals surface area contributed by atoms with Crippen molar-refractivity contribution >= 4 is 0 Å². The van der Waals surface area contributed by atoms with Crippen molar-refractivity contribution in [2.45, 2.75) is 44.4 Å². The van der Waals surface area contributed by atoms with Crippen molar-refractivity contribution in [1.29, 1.82) is 0 Å². The first-order chi connectivity index (χ1) is 5.83. The largest absolute Gasteiger partial charge is 0.369 e. The molecule has 2 fully saturated rings. The topological polar surface area (TPSA) is 12.5 Å². The van der Waals surface area contributed by atoms with Crippen LogP contribution >= 0.6 is 0 Å². The number of rotatable bonds is 0. The van der Waals surface area contributed by atoms with Crippen molar-refractivity contribution in [3.63, 3.8) is 0 Å². The fraction of sp³-hybridized carbons (Fsp3) is 1.00. The van der Waals surface area contributed by atoms with Gasteiger partial charge in [-0.05, 0) is 20.8 Å². The summed E-state index contributed by atoms with van der Waals surface area (Å²) < 4.78 is 31.8. The van der Waals surface area contributed by atoms with Crippen molar-refractivity contribution in [1.82, 2.24) is 4.90 Å². The molecule has 2 aliphatic heterocycles. The lowest BCUT2D eigenvalue weighted by molar-refractivity contribution is -0.0482. The minimum absolute atomic E-state index is 0.176. The van der Waals surface area contributed by atoms with Gasteiger partial charge < -0.3 is 4.74 Å². The summed E-state index contributed by atoms with van der Waals surface area (Å²) in [6.45, 7) is 6.42. The Bertz CT molecular complexity index is 224. The molecular formula is C9H15F2NO. The summed E-state index contributed by atoms with van der Waals surface area (Å²) in [5, 5.41) is 0. The Morgan fingerprint density at radius 1 is 1.38 bits per heavy atom. The zero-order chi connectivity index (χ0) is 9.85. The van der Waals surface area contributed by atoms with E-state index in [-0.39, 0.29) is 12.1 Å². The van der Waals surface area contributed by atoms with Gasteiger partial charge >= 0.3 is 0 Å². The number of nitrogens with zero attached hydrogens (tertiary/aromatic N) is 1. The molecule has 13 heavy (non-hydrogen) atoms. The Labute approximate surface area is 76.9 Å². The molecule has 0 aromatic carbocycles. The molecule has 0 saturated carbocycles.